The van der Waals surface area contributed by atoms with Gasteiger partial charge in [0.05, 0.1) is 21.8 Å². The molecule has 0 saturated carbocycles. The highest BCUT2D eigenvalue weighted by molar-refractivity contribution is 7.08. The van der Waals surface area contributed by atoms with Gasteiger partial charge in [0.1, 0.15) is 0 Å². The van der Waals surface area contributed by atoms with Gasteiger partial charge in [-0.1, -0.05) is 23.7 Å². The van der Waals surface area contributed by atoms with Crippen LogP contribution in [0.3, 0.4) is 0 Å². The first-order chi connectivity index (χ1) is 8.59. The van der Waals surface area contributed by atoms with Gasteiger partial charge in [0.2, 0.25) is 0 Å². The molecule has 92 valence electrons. The Morgan fingerprint density at radius 2 is 1.89 bits per heavy atom. The maximum Gasteiger partial charge on any atom is 0.338 e. The highest BCUT2D eigenvalue weighted by atomic mass is 35.5. The molecule has 0 bridgehead atoms. The number of hydrogen-bond donors (Lipinski definition) is 2. The molecule has 0 aliphatic rings. The number of anilines is 1. The first kappa shape index (κ1) is 12.6. The number of benzene rings is 1. The van der Waals surface area contributed by atoms with Crippen LogP contribution in [0.1, 0.15) is 20.7 Å². The van der Waals surface area contributed by atoms with Crippen molar-refractivity contribution < 1.29 is 14.7 Å². The molecule has 1 aromatic heterocycles. The zero-order valence-electron chi connectivity index (χ0n) is 9.01. The van der Waals surface area contributed by atoms with Crippen molar-refractivity contribution in [1.29, 1.82) is 0 Å². The van der Waals surface area contributed by atoms with Crippen LogP contribution in [0.15, 0.2) is 35.0 Å². The second kappa shape index (κ2) is 5.20. The Bertz CT molecular complexity index is 609. The summed E-state index contributed by atoms with van der Waals surface area (Å²) in [6, 6.07) is 6.57. The van der Waals surface area contributed by atoms with Crippen LogP contribution in [0.5, 0.6) is 0 Å². The van der Waals surface area contributed by atoms with Crippen LogP contribution in [0.25, 0.3) is 0 Å². The van der Waals surface area contributed by atoms with E-state index in [9.17, 15) is 9.59 Å². The average molecular weight is 282 g/mol. The molecule has 18 heavy (non-hydrogen) atoms. The normalized spacial score (nSPS) is 10.1. The van der Waals surface area contributed by atoms with Gasteiger partial charge in [-0.05, 0) is 12.1 Å². The van der Waals surface area contributed by atoms with E-state index in [0.717, 1.165) is 0 Å². The van der Waals surface area contributed by atoms with E-state index in [2.05, 4.69) is 5.32 Å². The molecule has 6 heteroatoms. The molecule has 0 aliphatic carbocycles. The molecule has 0 aliphatic heterocycles. The van der Waals surface area contributed by atoms with Gasteiger partial charge in [0.15, 0.2) is 0 Å². The molecular weight excluding hydrogens is 274 g/mol. The molecule has 0 unspecified atom stereocenters. The molecule has 1 aromatic carbocycles. The largest absolute Gasteiger partial charge is 0.478 e. The summed E-state index contributed by atoms with van der Waals surface area (Å²) < 4.78 is 0. The standard InChI is InChI=1S/C12H8ClNO3S/c13-9-4-2-1-3-7(9)11(15)14-10-6-18-5-8(10)12(16)17/h1-6H,(H,14,15)(H,16,17). The summed E-state index contributed by atoms with van der Waals surface area (Å²) >= 11 is 7.09. The third-order valence-corrected chi connectivity index (χ3v) is 3.33. The minimum Gasteiger partial charge on any atom is -0.478 e. The first-order valence-corrected chi connectivity index (χ1v) is 6.27. The van der Waals surface area contributed by atoms with E-state index in [1.54, 1.807) is 29.6 Å². The minimum absolute atomic E-state index is 0.0698. The Labute approximate surface area is 112 Å². The third kappa shape index (κ3) is 2.52. The van der Waals surface area contributed by atoms with E-state index in [1.807, 2.05) is 0 Å². The summed E-state index contributed by atoms with van der Waals surface area (Å²) in [4.78, 5) is 22.8. The van der Waals surface area contributed by atoms with Crippen LogP contribution in [0.4, 0.5) is 5.69 Å². The Kier molecular flexibility index (Phi) is 3.64. The molecule has 2 N–H and O–H groups in total. The number of thiophene rings is 1. The smallest absolute Gasteiger partial charge is 0.338 e. The quantitative estimate of drug-likeness (QED) is 0.906. The summed E-state index contributed by atoms with van der Waals surface area (Å²) in [5.41, 5.74) is 0.652. The predicted octanol–water partition coefficient (Wildman–Crippen LogP) is 3.35. The highest BCUT2D eigenvalue weighted by Crippen LogP contribution is 2.23. The maximum atomic E-state index is 11.9. The SMILES string of the molecule is O=C(Nc1cscc1C(=O)O)c1ccccc1Cl. The van der Waals surface area contributed by atoms with Crippen molar-refractivity contribution in [3.63, 3.8) is 0 Å². The lowest BCUT2D eigenvalue weighted by molar-refractivity contribution is 0.0698. The molecule has 0 saturated heterocycles. The Hall–Kier alpha value is -1.85. The number of carboxylic acids is 1. The van der Waals surface area contributed by atoms with E-state index in [0.29, 0.717) is 10.6 Å². The number of hydrogen-bond acceptors (Lipinski definition) is 3. The minimum atomic E-state index is -1.08. The number of halogens is 1. The Morgan fingerprint density at radius 3 is 2.56 bits per heavy atom. The second-order valence-electron chi connectivity index (χ2n) is 3.44. The van der Waals surface area contributed by atoms with Gasteiger partial charge in [0, 0.05) is 10.8 Å². The molecule has 1 heterocycles. The fraction of sp³-hybridized carbons (Fsp3) is 0. The Morgan fingerprint density at radius 1 is 1.17 bits per heavy atom. The molecule has 0 radical (unpaired) electrons. The van der Waals surface area contributed by atoms with Gasteiger partial charge in [-0.15, -0.1) is 11.3 Å². The van der Waals surface area contributed by atoms with Crippen LogP contribution < -0.4 is 5.32 Å². The molecule has 1 amide bonds. The van der Waals surface area contributed by atoms with Crippen molar-refractivity contribution in [2.75, 3.05) is 5.32 Å². The lowest BCUT2D eigenvalue weighted by atomic mass is 10.2. The van der Waals surface area contributed by atoms with Crippen LogP contribution in [0, 0.1) is 0 Å². The van der Waals surface area contributed by atoms with E-state index in [-0.39, 0.29) is 11.3 Å². The van der Waals surface area contributed by atoms with Gasteiger partial charge >= 0.3 is 5.97 Å². The number of nitrogens with one attached hydrogen (secondary N) is 1. The first-order valence-electron chi connectivity index (χ1n) is 4.95. The summed E-state index contributed by atoms with van der Waals surface area (Å²) in [5.74, 6) is -1.51. The van der Waals surface area contributed by atoms with E-state index in [1.165, 1.54) is 16.7 Å². The predicted molar refractivity (Wildman–Crippen MR) is 70.7 cm³/mol. The molecule has 2 rings (SSSR count). The highest BCUT2D eigenvalue weighted by Gasteiger charge is 2.15. The average Bonchev–Trinajstić information content (AvgIpc) is 2.77. The zero-order valence-corrected chi connectivity index (χ0v) is 10.6. The number of carboxylic acid groups (broad SMARTS) is 1. The van der Waals surface area contributed by atoms with E-state index < -0.39 is 11.9 Å². The van der Waals surface area contributed by atoms with Crippen molar-refractivity contribution in [2.24, 2.45) is 0 Å². The molecular formula is C12H8ClNO3S. The summed E-state index contributed by atoms with van der Waals surface area (Å²) in [5, 5.41) is 14.8. The lowest BCUT2D eigenvalue weighted by Gasteiger charge is -2.05. The van der Waals surface area contributed by atoms with Gasteiger partial charge < -0.3 is 10.4 Å². The summed E-state index contributed by atoms with van der Waals surface area (Å²) in [6.07, 6.45) is 0. The number of carbonyl (C=O) groups excluding carboxylic acids is 1. The monoisotopic (exact) mass is 281 g/mol. The Balaban J connectivity index is 2.25. The van der Waals surface area contributed by atoms with Crippen molar-refractivity contribution in [2.45, 2.75) is 0 Å². The molecule has 0 spiro atoms. The van der Waals surface area contributed by atoms with Crippen molar-refractivity contribution in [3.05, 3.63) is 51.2 Å². The van der Waals surface area contributed by atoms with Gasteiger partial charge in [-0.3, -0.25) is 4.79 Å². The number of amides is 1. The van der Waals surface area contributed by atoms with Crippen LogP contribution in [0.2, 0.25) is 5.02 Å². The maximum absolute atomic E-state index is 11.9. The summed E-state index contributed by atoms with van der Waals surface area (Å²) in [7, 11) is 0. The third-order valence-electron chi connectivity index (χ3n) is 2.26. The van der Waals surface area contributed by atoms with Crippen molar-refractivity contribution in [3.8, 4) is 0 Å². The van der Waals surface area contributed by atoms with Crippen molar-refractivity contribution >= 4 is 40.5 Å². The molecule has 0 fully saturated rings. The number of rotatable bonds is 3. The van der Waals surface area contributed by atoms with Gasteiger partial charge in [-0.2, -0.15) is 0 Å². The summed E-state index contributed by atoms with van der Waals surface area (Å²) in [6.45, 7) is 0. The van der Waals surface area contributed by atoms with Gasteiger partial charge in [-0.25, -0.2) is 4.79 Å². The van der Waals surface area contributed by atoms with E-state index >= 15 is 0 Å². The van der Waals surface area contributed by atoms with Crippen LogP contribution in [-0.4, -0.2) is 17.0 Å². The molecule has 0 atom stereocenters. The fourth-order valence-corrected chi connectivity index (χ4v) is 2.37. The number of carbonyl (C=O) groups is 2. The number of aromatic carboxylic acids is 1. The van der Waals surface area contributed by atoms with Crippen molar-refractivity contribution in [1.82, 2.24) is 0 Å². The van der Waals surface area contributed by atoms with Crippen LogP contribution in [-0.2, 0) is 0 Å². The zero-order chi connectivity index (χ0) is 13.1. The topological polar surface area (TPSA) is 66.4 Å². The second-order valence-corrected chi connectivity index (χ2v) is 4.59. The van der Waals surface area contributed by atoms with Crippen LogP contribution >= 0.6 is 22.9 Å². The molecule has 2 aromatic rings. The van der Waals surface area contributed by atoms with E-state index in [4.69, 9.17) is 16.7 Å². The molecule has 4 nitrogen and oxygen atoms in total. The van der Waals surface area contributed by atoms with Gasteiger partial charge in [0.25, 0.3) is 5.91 Å². The fourth-order valence-electron chi connectivity index (χ4n) is 1.39. The lowest BCUT2D eigenvalue weighted by Crippen LogP contribution is -2.14.